The molecule has 3 aliphatic rings. The van der Waals surface area contributed by atoms with Gasteiger partial charge < -0.3 is 36.2 Å². The normalized spacial score (nSPS) is 22.7. The van der Waals surface area contributed by atoms with Crippen LogP contribution in [0.3, 0.4) is 0 Å². The Kier molecular flexibility index (Phi) is 8.60. The first-order chi connectivity index (χ1) is 21.6. The topological polar surface area (TPSA) is 250 Å². The van der Waals surface area contributed by atoms with Crippen molar-refractivity contribution >= 4 is 57.9 Å². The van der Waals surface area contributed by atoms with E-state index in [0.29, 0.717) is 41.9 Å². The van der Waals surface area contributed by atoms with Gasteiger partial charge in [0.2, 0.25) is 22.6 Å². The summed E-state index contributed by atoms with van der Waals surface area (Å²) in [6, 6.07) is 1.31. The van der Waals surface area contributed by atoms with Crippen LogP contribution in [0.15, 0.2) is 33.6 Å². The molecule has 46 heavy (non-hydrogen) atoms. The lowest BCUT2D eigenvalue weighted by atomic mass is 9.88. The van der Waals surface area contributed by atoms with Crippen molar-refractivity contribution in [3.63, 3.8) is 0 Å². The fraction of sp³-hybridized carbons (Fsp3) is 0.481. The van der Waals surface area contributed by atoms with Gasteiger partial charge in [-0.05, 0) is 20.8 Å². The summed E-state index contributed by atoms with van der Waals surface area (Å²) in [7, 11) is 0. The van der Waals surface area contributed by atoms with Crippen molar-refractivity contribution in [2.75, 3.05) is 31.1 Å². The highest BCUT2D eigenvalue weighted by Gasteiger charge is 2.65. The fourth-order valence-electron chi connectivity index (χ4n) is 5.75. The number of β-lactam (4-membered cyclic amide) rings is 1. The number of hydrogen-bond acceptors (Lipinski definition) is 13. The number of anilines is 1. The van der Waals surface area contributed by atoms with E-state index in [9.17, 15) is 39.3 Å². The van der Waals surface area contributed by atoms with Crippen LogP contribution in [0.1, 0.15) is 45.1 Å². The summed E-state index contributed by atoms with van der Waals surface area (Å²) in [5.74, 6) is -4.62. The molecule has 2 aromatic rings. The van der Waals surface area contributed by atoms with Crippen molar-refractivity contribution < 1.29 is 43.8 Å². The number of likely N-dealkylation sites (tertiary alicyclic amines) is 1. The number of quaternary nitrogens is 1. The van der Waals surface area contributed by atoms with Crippen LogP contribution >= 0.6 is 23.3 Å². The van der Waals surface area contributed by atoms with E-state index >= 15 is 0 Å². The lowest BCUT2D eigenvalue weighted by Crippen LogP contribution is -2.79. The average Bonchev–Trinajstić information content (AvgIpc) is 3.66. The second-order valence-corrected chi connectivity index (χ2v) is 13.7. The van der Waals surface area contributed by atoms with E-state index < -0.39 is 57.2 Å². The summed E-state index contributed by atoms with van der Waals surface area (Å²) in [6.45, 7) is 5.67. The third kappa shape index (κ3) is 5.80. The van der Waals surface area contributed by atoms with Gasteiger partial charge in [-0.2, -0.15) is 9.36 Å². The average molecular weight is 678 g/mol. The number of nitrogens with two attached hydrogens (primary N) is 1. The number of nitrogens with one attached hydrogen (secondary N) is 2. The molecule has 0 aromatic carbocycles. The minimum absolute atomic E-state index is 0.00689. The maximum atomic E-state index is 13.8. The van der Waals surface area contributed by atoms with Gasteiger partial charge in [-0.25, -0.2) is 9.59 Å². The Hall–Kier alpha value is -4.49. The van der Waals surface area contributed by atoms with Gasteiger partial charge >= 0.3 is 11.9 Å². The first-order valence-electron chi connectivity index (χ1n) is 14.2. The molecular weight excluding hydrogens is 644 g/mol. The molecule has 0 bridgehead atoms. The van der Waals surface area contributed by atoms with E-state index in [4.69, 9.17) is 10.6 Å². The number of hydrogen-bond donors (Lipinski definition) is 6. The van der Waals surface area contributed by atoms with E-state index in [-0.39, 0.29) is 22.4 Å². The van der Waals surface area contributed by atoms with Gasteiger partial charge in [0.25, 0.3) is 11.8 Å². The van der Waals surface area contributed by atoms with Crippen LogP contribution in [0.25, 0.3) is 0 Å². The largest absolute Gasteiger partial charge is 0.503 e. The summed E-state index contributed by atoms with van der Waals surface area (Å²) in [5.41, 5.74) is 2.28. The van der Waals surface area contributed by atoms with Gasteiger partial charge in [0, 0.05) is 48.8 Å². The number of H-pyrrole nitrogens is 1. The molecule has 2 fully saturated rings. The lowest BCUT2D eigenvalue weighted by molar-refractivity contribution is -0.880. The predicted octanol–water partition coefficient (Wildman–Crippen LogP) is 0.0376. The molecule has 7 N–H and O–H groups in total. The van der Waals surface area contributed by atoms with Crippen molar-refractivity contribution in [1.82, 2.24) is 24.6 Å². The summed E-state index contributed by atoms with van der Waals surface area (Å²) in [6.07, 6.45) is 3.31. The van der Waals surface area contributed by atoms with Crippen LogP contribution in [0.2, 0.25) is 0 Å². The van der Waals surface area contributed by atoms with Gasteiger partial charge in [-0.1, -0.05) is 5.16 Å². The van der Waals surface area contributed by atoms with Crippen molar-refractivity contribution in [2.24, 2.45) is 5.16 Å². The Morgan fingerprint density at radius 3 is 2.57 bits per heavy atom. The number of carboxylic acids is 2. The van der Waals surface area contributed by atoms with Crippen molar-refractivity contribution in [3.05, 3.63) is 45.4 Å². The van der Waals surface area contributed by atoms with E-state index in [2.05, 4.69) is 24.8 Å². The van der Waals surface area contributed by atoms with Gasteiger partial charge in [-0.15, -0.1) is 11.8 Å². The molecule has 0 aliphatic carbocycles. The Morgan fingerprint density at radius 1 is 1.28 bits per heavy atom. The Balaban J connectivity index is 1.42. The monoisotopic (exact) mass is 677 g/mol. The van der Waals surface area contributed by atoms with E-state index in [0.717, 1.165) is 24.4 Å². The zero-order valence-electron chi connectivity index (χ0n) is 25.1. The van der Waals surface area contributed by atoms with Crippen LogP contribution in [-0.2, 0) is 30.4 Å². The molecule has 0 spiro atoms. The molecule has 5 rings (SSSR count). The van der Waals surface area contributed by atoms with Crippen molar-refractivity contribution in [2.45, 2.75) is 56.5 Å². The number of oxime groups is 1. The number of thioether (sulfide) groups is 1. The van der Waals surface area contributed by atoms with Gasteiger partial charge in [0.05, 0.1) is 25.4 Å². The predicted molar refractivity (Wildman–Crippen MR) is 164 cm³/mol. The molecule has 2 aromatic heterocycles. The van der Waals surface area contributed by atoms with Crippen LogP contribution in [-0.4, -0.2) is 110 Å². The Labute approximate surface area is 269 Å². The van der Waals surface area contributed by atoms with Crippen LogP contribution in [0, 0.1) is 0 Å². The zero-order valence-corrected chi connectivity index (χ0v) is 26.7. The number of carboxylic acid groups (broad SMARTS) is 2. The van der Waals surface area contributed by atoms with Gasteiger partial charge in [0.1, 0.15) is 10.9 Å². The minimum atomic E-state index is -1.82. The molecule has 5 heterocycles. The highest BCUT2D eigenvalue weighted by atomic mass is 32.2. The molecule has 19 heteroatoms. The second kappa shape index (κ2) is 12.0. The summed E-state index contributed by atoms with van der Waals surface area (Å²) < 4.78 is 4.29. The lowest BCUT2D eigenvalue weighted by Gasteiger charge is -2.56. The number of nitrogen functional groups attached to an aromatic ring is 1. The van der Waals surface area contributed by atoms with Gasteiger partial charge in [-0.3, -0.25) is 23.8 Å². The number of carbonyl (C=O) groups excluding carboxylic acids is 2. The molecule has 0 saturated carbocycles. The number of carbonyl (C=O) groups is 4. The summed E-state index contributed by atoms with van der Waals surface area (Å²) in [5, 5.41) is 35.0. The number of pyridine rings is 1. The third-order valence-corrected chi connectivity index (χ3v) is 10.3. The molecule has 246 valence electrons. The highest BCUT2D eigenvalue weighted by Crippen LogP contribution is 2.48. The fourth-order valence-corrected chi connectivity index (χ4v) is 7.75. The van der Waals surface area contributed by atoms with Crippen molar-refractivity contribution in [3.8, 4) is 5.75 Å². The number of nitrogens with zero attached hydrogens (tertiary/aromatic N) is 5. The molecule has 3 aliphatic heterocycles. The van der Waals surface area contributed by atoms with Gasteiger partial charge in [0.15, 0.2) is 22.3 Å². The standard InChI is InChI=1S/C27H32N8O9S2/c1-26(2,24(42)43)44-32-17(19-30-25(28)46-33-19)20(38)31-27(3)22(41)34-18(21(39)40)14(12-45-23(27)34)35(7-4-5-8-35)9-6-13-10-15(36)16(37)11-29-13/h10-11,23H,4-9,12H2,1-3H3,(H6-,28,29,30,31,32,33,36,37,38,39,40,42,43)/p+1/t23-,27+/m0/s1. The van der Waals surface area contributed by atoms with E-state index in [1.54, 1.807) is 0 Å². The smallest absolute Gasteiger partial charge is 0.358 e. The summed E-state index contributed by atoms with van der Waals surface area (Å²) >= 11 is 2.07. The highest BCUT2D eigenvalue weighted by molar-refractivity contribution is 8.00. The first-order valence-corrected chi connectivity index (χ1v) is 16.0. The number of aromatic amines is 1. The number of aliphatic carboxylic acids is 2. The first kappa shape index (κ1) is 32.9. The van der Waals surface area contributed by atoms with E-state index in [1.807, 2.05) is 0 Å². The molecule has 0 radical (unpaired) electrons. The molecule has 2 saturated heterocycles. The molecular formula is C27H33N8O9S2+. The molecule has 17 nitrogen and oxygen atoms in total. The molecule has 2 amide bonds. The molecule has 2 atom stereocenters. The number of fused-ring (bicyclic) bond motifs is 1. The summed E-state index contributed by atoms with van der Waals surface area (Å²) in [4.78, 5) is 76.7. The Morgan fingerprint density at radius 2 is 1.98 bits per heavy atom. The number of amides is 2. The number of rotatable bonds is 11. The minimum Gasteiger partial charge on any atom is -0.503 e. The zero-order chi connectivity index (χ0) is 33.6. The maximum Gasteiger partial charge on any atom is 0.358 e. The van der Waals surface area contributed by atoms with Crippen LogP contribution in [0.4, 0.5) is 5.13 Å². The van der Waals surface area contributed by atoms with Crippen LogP contribution < -0.4 is 16.5 Å². The third-order valence-electron chi connectivity index (χ3n) is 8.36. The maximum absolute atomic E-state index is 13.8. The Bertz CT molecular complexity index is 1730. The molecule has 0 unspecified atom stereocenters. The second-order valence-electron chi connectivity index (χ2n) is 11.9. The van der Waals surface area contributed by atoms with E-state index in [1.165, 1.54) is 49.7 Å². The quantitative estimate of drug-likeness (QED) is 0.0796. The number of aromatic hydroxyl groups is 1. The van der Waals surface area contributed by atoms with Crippen LogP contribution in [0.5, 0.6) is 5.75 Å². The SMILES string of the molecule is CC(C)(ON=C(C(=O)N[C@]1(C)C(=O)N2C(C(=O)O)=C([N+]3(CCc4cc(=O)c(O)c[nH]4)CCCC3)CS[C@H]21)c1nsc(N)n1)C(=O)O. The number of aromatic nitrogens is 3. The van der Waals surface area contributed by atoms with Crippen molar-refractivity contribution in [1.29, 1.82) is 0 Å².